The van der Waals surface area contributed by atoms with Crippen molar-refractivity contribution in [3.05, 3.63) is 33.5 Å². The molecule has 1 heterocycles. The third-order valence-corrected chi connectivity index (χ3v) is 4.76. The minimum absolute atomic E-state index is 0.0275. The molecule has 1 aliphatic heterocycles. The lowest BCUT2D eigenvalue weighted by atomic mass is 9.92. The van der Waals surface area contributed by atoms with Crippen molar-refractivity contribution in [2.24, 2.45) is 5.73 Å². The fourth-order valence-corrected chi connectivity index (χ4v) is 3.35. The van der Waals surface area contributed by atoms with Gasteiger partial charge in [0.05, 0.1) is 0 Å². The normalized spacial score (nSPS) is 23.7. The minimum atomic E-state index is -0.155. The van der Waals surface area contributed by atoms with Crippen molar-refractivity contribution in [3.8, 4) is 0 Å². The summed E-state index contributed by atoms with van der Waals surface area (Å²) in [4.78, 5) is 0. The van der Waals surface area contributed by atoms with Crippen LogP contribution in [0.25, 0.3) is 0 Å². The summed E-state index contributed by atoms with van der Waals surface area (Å²) in [5.74, 6) is 0.549. The zero-order chi connectivity index (χ0) is 11.2. The Morgan fingerprint density at radius 3 is 2.87 bits per heavy atom. The van der Waals surface area contributed by atoms with Gasteiger partial charge in [0, 0.05) is 26.6 Å². The van der Waals surface area contributed by atoms with Crippen LogP contribution in [0.4, 0.5) is 4.39 Å². The highest BCUT2D eigenvalue weighted by molar-refractivity contribution is 9.10. The second kappa shape index (κ2) is 3.75. The topological polar surface area (TPSA) is 26.0 Å². The maximum Gasteiger partial charge on any atom is 0.128 e. The lowest BCUT2D eigenvalue weighted by Crippen LogP contribution is -2.36. The quantitative estimate of drug-likeness (QED) is 0.790. The highest BCUT2D eigenvalue weighted by Crippen LogP contribution is 2.45. The number of nitrogens with two attached hydrogens (primary N) is 1. The van der Waals surface area contributed by atoms with E-state index in [1.807, 2.05) is 6.07 Å². The first kappa shape index (κ1) is 11.4. The molecule has 15 heavy (non-hydrogen) atoms. The Bertz CT molecular complexity index is 406. The molecule has 1 unspecified atom stereocenters. The zero-order valence-electron chi connectivity index (χ0n) is 8.68. The molecule has 82 valence electrons. The Kier molecular flexibility index (Phi) is 2.86. The number of hydrogen-bond acceptors (Lipinski definition) is 2. The molecule has 2 N–H and O–H groups in total. The Morgan fingerprint density at radius 1 is 1.53 bits per heavy atom. The van der Waals surface area contributed by atoms with Gasteiger partial charge in [0.25, 0.3) is 0 Å². The highest BCUT2D eigenvalue weighted by atomic mass is 79.9. The second-order valence-electron chi connectivity index (χ2n) is 4.33. The molecule has 0 amide bonds. The molecule has 1 nitrogen and oxygen atoms in total. The van der Waals surface area contributed by atoms with Gasteiger partial charge in [-0.25, -0.2) is 4.39 Å². The molecule has 0 fully saturated rings. The first-order chi connectivity index (χ1) is 6.92. The molecule has 0 radical (unpaired) electrons. The number of halogens is 2. The number of hydrogen-bond donors (Lipinski definition) is 1. The molecule has 2 rings (SSSR count). The molecule has 4 heteroatoms. The fourth-order valence-electron chi connectivity index (χ4n) is 1.78. The van der Waals surface area contributed by atoms with Gasteiger partial charge in [0.1, 0.15) is 5.82 Å². The van der Waals surface area contributed by atoms with Crippen molar-refractivity contribution in [1.29, 1.82) is 0 Å². The predicted octanol–water partition coefficient (Wildman–Crippen LogP) is 3.61. The van der Waals surface area contributed by atoms with Crippen molar-refractivity contribution in [2.75, 3.05) is 0 Å². The first-order valence-corrected chi connectivity index (χ1v) is 6.57. The minimum Gasteiger partial charge on any atom is -0.323 e. The van der Waals surface area contributed by atoms with Crippen molar-refractivity contribution in [3.63, 3.8) is 0 Å². The Morgan fingerprint density at radius 2 is 2.20 bits per heavy atom. The van der Waals surface area contributed by atoms with Crippen LogP contribution in [0, 0.1) is 5.82 Å². The third-order valence-electron chi connectivity index (χ3n) is 2.87. The van der Waals surface area contributed by atoms with Gasteiger partial charge in [-0.15, -0.1) is 11.8 Å². The lowest BCUT2D eigenvalue weighted by Gasteiger charge is -2.37. The first-order valence-electron chi connectivity index (χ1n) is 4.79. The summed E-state index contributed by atoms with van der Waals surface area (Å²) in [7, 11) is 0. The molecule has 0 spiro atoms. The summed E-state index contributed by atoms with van der Waals surface area (Å²) in [6.07, 6.45) is 0. The maximum absolute atomic E-state index is 13.7. The summed E-state index contributed by atoms with van der Waals surface area (Å²) in [5.41, 5.74) is 7.85. The van der Waals surface area contributed by atoms with Gasteiger partial charge < -0.3 is 5.73 Å². The average molecular weight is 290 g/mol. The SMILES string of the molecule is CC1(C)SCc2c(F)cc(Br)cc2C1N. The third kappa shape index (κ3) is 1.95. The van der Waals surface area contributed by atoms with E-state index in [0.29, 0.717) is 5.75 Å². The summed E-state index contributed by atoms with van der Waals surface area (Å²) < 4.78 is 14.4. The van der Waals surface area contributed by atoms with Crippen molar-refractivity contribution >= 4 is 27.7 Å². The molecule has 0 bridgehead atoms. The van der Waals surface area contributed by atoms with E-state index in [2.05, 4.69) is 29.8 Å². The van der Waals surface area contributed by atoms with Crippen LogP contribution in [-0.4, -0.2) is 4.75 Å². The molecule has 1 atom stereocenters. The Hall–Kier alpha value is -0.0600. The summed E-state index contributed by atoms with van der Waals surface area (Å²) in [5, 5.41) is 0. The number of fused-ring (bicyclic) bond motifs is 1. The zero-order valence-corrected chi connectivity index (χ0v) is 11.1. The molecular formula is C11H13BrFNS. The standard InChI is InChI=1S/C11H13BrFNS/c1-11(2)10(14)7-3-6(12)4-9(13)8(7)5-15-11/h3-4,10H,5,14H2,1-2H3. The molecule has 0 aromatic heterocycles. The van der Waals surface area contributed by atoms with E-state index in [1.54, 1.807) is 11.8 Å². The number of thioether (sulfide) groups is 1. The van der Waals surface area contributed by atoms with Gasteiger partial charge in [-0.3, -0.25) is 0 Å². The molecule has 1 aliphatic rings. The average Bonchev–Trinajstić information content (AvgIpc) is 2.12. The van der Waals surface area contributed by atoms with Crippen LogP contribution in [0.5, 0.6) is 0 Å². The highest BCUT2D eigenvalue weighted by Gasteiger charge is 2.35. The van der Waals surface area contributed by atoms with Crippen molar-refractivity contribution in [1.82, 2.24) is 0 Å². The lowest BCUT2D eigenvalue weighted by molar-refractivity contribution is 0.536. The Labute approximate surface area is 102 Å². The van der Waals surface area contributed by atoms with Crippen LogP contribution in [0.15, 0.2) is 16.6 Å². The maximum atomic E-state index is 13.7. The Balaban J connectivity index is 2.56. The summed E-state index contributed by atoms with van der Waals surface area (Å²) >= 11 is 5.01. The van der Waals surface area contributed by atoms with Crippen LogP contribution < -0.4 is 5.73 Å². The molecule has 0 saturated carbocycles. The van der Waals surface area contributed by atoms with Crippen molar-refractivity contribution < 1.29 is 4.39 Å². The predicted molar refractivity (Wildman–Crippen MR) is 66.4 cm³/mol. The van der Waals surface area contributed by atoms with Crippen LogP contribution >= 0.6 is 27.7 Å². The van der Waals surface area contributed by atoms with Crippen LogP contribution in [0.3, 0.4) is 0 Å². The fraction of sp³-hybridized carbons (Fsp3) is 0.455. The van der Waals surface area contributed by atoms with E-state index in [4.69, 9.17) is 5.73 Å². The van der Waals surface area contributed by atoms with E-state index in [-0.39, 0.29) is 16.6 Å². The van der Waals surface area contributed by atoms with Gasteiger partial charge in [0.15, 0.2) is 0 Å². The monoisotopic (exact) mass is 289 g/mol. The van der Waals surface area contributed by atoms with Gasteiger partial charge in [-0.1, -0.05) is 15.9 Å². The van der Waals surface area contributed by atoms with E-state index < -0.39 is 0 Å². The second-order valence-corrected chi connectivity index (χ2v) is 6.87. The number of rotatable bonds is 0. The molecule has 1 aromatic rings. The molecule has 0 aliphatic carbocycles. The van der Waals surface area contributed by atoms with Crippen molar-refractivity contribution in [2.45, 2.75) is 30.4 Å². The van der Waals surface area contributed by atoms with E-state index in [9.17, 15) is 4.39 Å². The van der Waals surface area contributed by atoms with E-state index in [0.717, 1.165) is 15.6 Å². The van der Waals surface area contributed by atoms with E-state index in [1.165, 1.54) is 6.07 Å². The number of benzene rings is 1. The van der Waals surface area contributed by atoms with Gasteiger partial charge in [-0.2, -0.15) is 0 Å². The molecular weight excluding hydrogens is 277 g/mol. The largest absolute Gasteiger partial charge is 0.323 e. The van der Waals surface area contributed by atoms with Crippen LogP contribution in [0.1, 0.15) is 31.0 Å². The molecule has 1 aromatic carbocycles. The molecule has 0 saturated heterocycles. The van der Waals surface area contributed by atoms with Gasteiger partial charge in [-0.05, 0) is 31.5 Å². The summed E-state index contributed by atoms with van der Waals surface area (Å²) in [6.45, 7) is 4.20. The smallest absolute Gasteiger partial charge is 0.128 e. The van der Waals surface area contributed by atoms with Crippen LogP contribution in [-0.2, 0) is 5.75 Å². The van der Waals surface area contributed by atoms with Gasteiger partial charge in [0.2, 0.25) is 0 Å². The van der Waals surface area contributed by atoms with Gasteiger partial charge >= 0.3 is 0 Å². The van der Waals surface area contributed by atoms with Crippen LogP contribution in [0.2, 0.25) is 0 Å². The van der Waals surface area contributed by atoms with E-state index >= 15 is 0 Å². The summed E-state index contributed by atoms with van der Waals surface area (Å²) in [6, 6.07) is 3.33.